The van der Waals surface area contributed by atoms with E-state index < -0.39 is 6.10 Å². The standard InChI is InChI=1S/C17H19NO3/c1-12-8-9-14(10-16(12)21-2)17(20)18-11-15(19)13-6-4-3-5-7-13/h3-10,15,19H,11H2,1-2H3,(H,18,20). The lowest BCUT2D eigenvalue weighted by Gasteiger charge is -2.13. The van der Waals surface area contributed by atoms with E-state index in [1.807, 2.05) is 43.3 Å². The lowest BCUT2D eigenvalue weighted by Crippen LogP contribution is -2.28. The smallest absolute Gasteiger partial charge is 0.251 e. The molecule has 0 spiro atoms. The lowest BCUT2D eigenvalue weighted by molar-refractivity contribution is 0.0916. The molecule has 0 fully saturated rings. The molecule has 2 aromatic carbocycles. The van der Waals surface area contributed by atoms with Gasteiger partial charge < -0.3 is 15.2 Å². The number of nitrogens with one attached hydrogen (secondary N) is 1. The number of aryl methyl sites for hydroxylation is 1. The van der Waals surface area contributed by atoms with Gasteiger partial charge in [0.05, 0.1) is 13.2 Å². The van der Waals surface area contributed by atoms with Crippen LogP contribution in [0.3, 0.4) is 0 Å². The summed E-state index contributed by atoms with van der Waals surface area (Å²) in [6.07, 6.45) is -0.720. The highest BCUT2D eigenvalue weighted by molar-refractivity contribution is 5.94. The Kier molecular flexibility index (Phi) is 4.95. The summed E-state index contributed by atoms with van der Waals surface area (Å²) in [5, 5.41) is 12.7. The maximum absolute atomic E-state index is 12.1. The van der Waals surface area contributed by atoms with Crippen LogP contribution in [0.5, 0.6) is 5.75 Å². The first-order valence-corrected chi connectivity index (χ1v) is 6.77. The summed E-state index contributed by atoms with van der Waals surface area (Å²) in [7, 11) is 1.57. The molecular weight excluding hydrogens is 266 g/mol. The molecule has 2 rings (SSSR count). The highest BCUT2D eigenvalue weighted by atomic mass is 16.5. The van der Waals surface area contributed by atoms with E-state index in [2.05, 4.69) is 5.32 Å². The number of rotatable bonds is 5. The summed E-state index contributed by atoms with van der Waals surface area (Å²) >= 11 is 0. The molecule has 0 aromatic heterocycles. The Morgan fingerprint density at radius 2 is 1.95 bits per heavy atom. The summed E-state index contributed by atoms with van der Waals surface area (Å²) in [5.74, 6) is 0.439. The number of carbonyl (C=O) groups excluding carboxylic acids is 1. The first kappa shape index (κ1) is 15.1. The summed E-state index contributed by atoms with van der Waals surface area (Å²) < 4.78 is 5.20. The fourth-order valence-corrected chi connectivity index (χ4v) is 2.05. The number of hydrogen-bond acceptors (Lipinski definition) is 3. The van der Waals surface area contributed by atoms with Gasteiger partial charge in [0.15, 0.2) is 0 Å². The largest absolute Gasteiger partial charge is 0.496 e. The third-order valence-electron chi connectivity index (χ3n) is 3.31. The Hall–Kier alpha value is -2.33. The van der Waals surface area contributed by atoms with Crippen molar-refractivity contribution in [2.24, 2.45) is 0 Å². The fourth-order valence-electron chi connectivity index (χ4n) is 2.05. The zero-order chi connectivity index (χ0) is 15.2. The predicted molar refractivity (Wildman–Crippen MR) is 81.5 cm³/mol. The van der Waals surface area contributed by atoms with Crippen LogP contribution in [0.25, 0.3) is 0 Å². The van der Waals surface area contributed by atoms with E-state index in [1.165, 1.54) is 0 Å². The molecular formula is C17H19NO3. The van der Waals surface area contributed by atoms with Crippen LogP contribution in [0, 0.1) is 6.92 Å². The molecule has 0 saturated heterocycles. The fraction of sp³-hybridized carbons (Fsp3) is 0.235. The average Bonchev–Trinajstić information content (AvgIpc) is 2.53. The van der Waals surface area contributed by atoms with Gasteiger partial charge in [-0.15, -0.1) is 0 Å². The van der Waals surface area contributed by atoms with Crippen LogP contribution in [0.2, 0.25) is 0 Å². The first-order chi connectivity index (χ1) is 10.1. The summed E-state index contributed by atoms with van der Waals surface area (Å²) in [4.78, 5) is 12.1. The molecule has 1 unspecified atom stereocenters. The number of benzene rings is 2. The molecule has 110 valence electrons. The van der Waals surface area contributed by atoms with E-state index in [1.54, 1.807) is 19.2 Å². The molecule has 0 bridgehead atoms. The summed E-state index contributed by atoms with van der Waals surface area (Å²) in [6, 6.07) is 14.5. The van der Waals surface area contributed by atoms with Gasteiger partial charge in [0.25, 0.3) is 5.91 Å². The number of carbonyl (C=O) groups is 1. The Labute approximate surface area is 124 Å². The van der Waals surface area contributed by atoms with E-state index in [4.69, 9.17) is 4.74 Å². The number of ether oxygens (including phenoxy) is 1. The first-order valence-electron chi connectivity index (χ1n) is 6.77. The van der Waals surface area contributed by atoms with Gasteiger partial charge in [-0.25, -0.2) is 0 Å². The molecule has 4 nitrogen and oxygen atoms in total. The van der Waals surface area contributed by atoms with Gasteiger partial charge in [-0.3, -0.25) is 4.79 Å². The van der Waals surface area contributed by atoms with Crippen molar-refractivity contribution in [2.45, 2.75) is 13.0 Å². The van der Waals surface area contributed by atoms with Crippen molar-refractivity contribution in [3.63, 3.8) is 0 Å². The zero-order valence-corrected chi connectivity index (χ0v) is 12.2. The van der Waals surface area contributed by atoms with Crippen molar-refractivity contribution in [3.8, 4) is 5.75 Å². The Bertz CT molecular complexity index is 611. The minimum atomic E-state index is -0.720. The second-order valence-corrected chi connectivity index (χ2v) is 4.82. The highest BCUT2D eigenvalue weighted by Crippen LogP contribution is 2.19. The van der Waals surface area contributed by atoms with Crippen molar-refractivity contribution in [1.29, 1.82) is 0 Å². The lowest BCUT2D eigenvalue weighted by atomic mass is 10.1. The minimum Gasteiger partial charge on any atom is -0.496 e. The number of aliphatic hydroxyl groups is 1. The van der Waals surface area contributed by atoms with Crippen LogP contribution in [0.1, 0.15) is 27.6 Å². The third-order valence-corrected chi connectivity index (χ3v) is 3.31. The van der Waals surface area contributed by atoms with Gasteiger partial charge in [0.2, 0.25) is 0 Å². The van der Waals surface area contributed by atoms with Crippen molar-refractivity contribution in [1.82, 2.24) is 5.32 Å². The quantitative estimate of drug-likeness (QED) is 0.887. The number of amides is 1. The number of hydrogen-bond donors (Lipinski definition) is 2. The molecule has 2 N–H and O–H groups in total. The zero-order valence-electron chi connectivity index (χ0n) is 12.2. The van der Waals surface area contributed by atoms with Gasteiger partial charge in [-0.05, 0) is 30.2 Å². The number of methoxy groups -OCH3 is 1. The average molecular weight is 285 g/mol. The molecule has 0 aliphatic rings. The molecule has 1 amide bonds. The second-order valence-electron chi connectivity index (χ2n) is 4.82. The van der Waals surface area contributed by atoms with Gasteiger partial charge >= 0.3 is 0 Å². The molecule has 0 radical (unpaired) electrons. The third kappa shape index (κ3) is 3.83. The maximum atomic E-state index is 12.1. The monoisotopic (exact) mass is 285 g/mol. The topological polar surface area (TPSA) is 58.6 Å². The second kappa shape index (κ2) is 6.90. The van der Waals surface area contributed by atoms with Gasteiger partial charge in [-0.1, -0.05) is 36.4 Å². The molecule has 4 heteroatoms. The molecule has 21 heavy (non-hydrogen) atoms. The van der Waals surface area contributed by atoms with Gasteiger partial charge in [0, 0.05) is 12.1 Å². The van der Waals surface area contributed by atoms with Crippen LogP contribution < -0.4 is 10.1 Å². The van der Waals surface area contributed by atoms with Crippen molar-refractivity contribution < 1.29 is 14.6 Å². The van der Waals surface area contributed by atoms with E-state index in [-0.39, 0.29) is 12.5 Å². The normalized spacial score (nSPS) is 11.8. The predicted octanol–water partition coefficient (Wildman–Crippen LogP) is 2.47. The Balaban J connectivity index is 1.99. The van der Waals surface area contributed by atoms with Crippen molar-refractivity contribution in [3.05, 3.63) is 65.2 Å². The molecule has 0 aliphatic heterocycles. The van der Waals surface area contributed by atoms with Crippen LogP contribution in [0.15, 0.2) is 48.5 Å². The molecule has 1 atom stereocenters. The summed E-state index contributed by atoms with van der Waals surface area (Å²) in [5.41, 5.74) is 2.26. The van der Waals surface area contributed by atoms with Gasteiger partial charge in [-0.2, -0.15) is 0 Å². The van der Waals surface area contributed by atoms with E-state index in [0.29, 0.717) is 11.3 Å². The van der Waals surface area contributed by atoms with Crippen LogP contribution >= 0.6 is 0 Å². The van der Waals surface area contributed by atoms with E-state index in [9.17, 15) is 9.90 Å². The SMILES string of the molecule is COc1cc(C(=O)NCC(O)c2ccccc2)ccc1C. The molecule has 0 heterocycles. The molecule has 0 saturated carbocycles. The van der Waals surface area contributed by atoms with E-state index >= 15 is 0 Å². The van der Waals surface area contributed by atoms with Crippen molar-refractivity contribution in [2.75, 3.05) is 13.7 Å². The summed E-state index contributed by atoms with van der Waals surface area (Å²) in [6.45, 7) is 2.08. The Morgan fingerprint density at radius 1 is 1.24 bits per heavy atom. The minimum absolute atomic E-state index is 0.166. The number of aliphatic hydroxyl groups excluding tert-OH is 1. The maximum Gasteiger partial charge on any atom is 0.251 e. The Morgan fingerprint density at radius 3 is 2.62 bits per heavy atom. The van der Waals surface area contributed by atoms with Crippen molar-refractivity contribution >= 4 is 5.91 Å². The molecule has 2 aromatic rings. The molecule has 0 aliphatic carbocycles. The van der Waals surface area contributed by atoms with Crippen LogP contribution in [0.4, 0.5) is 0 Å². The van der Waals surface area contributed by atoms with Crippen LogP contribution in [-0.2, 0) is 0 Å². The highest BCUT2D eigenvalue weighted by Gasteiger charge is 2.11. The van der Waals surface area contributed by atoms with E-state index in [0.717, 1.165) is 11.1 Å². The van der Waals surface area contributed by atoms with Gasteiger partial charge in [0.1, 0.15) is 5.75 Å². The van der Waals surface area contributed by atoms with Crippen LogP contribution in [-0.4, -0.2) is 24.7 Å².